The molecule has 3 aliphatic rings. The molecule has 2 aliphatic heterocycles. The molecular formula is C29H28N4O6. The number of benzene rings is 2. The summed E-state index contributed by atoms with van der Waals surface area (Å²) in [6, 6.07) is 13.2. The molecule has 200 valence electrons. The van der Waals surface area contributed by atoms with Gasteiger partial charge in [-0.15, -0.1) is 0 Å². The number of fused-ring (bicyclic) bond motifs is 4. The number of imide groups is 1. The Hall–Kier alpha value is -4.60. The van der Waals surface area contributed by atoms with E-state index in [1.165, 1.54) is 34.5 Å². The average Bonchev–Trinajstić information content (AvgIpc) is 3.28. The molecule has 39 heavy (non-hydrogen) atoms. The number of allylic oxidation sites excluding steroid dienone is 3. The van der Waals surface area contributed by atoms with E-state index in [1.807, 2.05) is 31.2 Å². The maximum absolute atomic E-state index is 14.1. The minimum absolute atomic E-state index is 0.00545. The highest BCUT2D eigenvalue weighted by atomic mass is 16.5. The van der Waals surface area contributed by atoms with E-state index in [4.69, 9.17) is 4.74 Å². The van der Waals surface area contributed by atoms with Gasteiger partial charge < -0.3 is 9.84 Å². The number of hydrogen-bond donors (Lipinski definition) is 1. The van der Waals surface area contributed by atoms with Gasteiger partial charge in [0, 0.05) is 13.0 Å². The number of hydrogen-bond acceptors (Lipinski definition) is 6. The highest BCUT2D eigenvalue weighted by Crippen LogP contribution is 2.58. The van der Waals surface area contributed by atoms with Crippen LogP contribution >= 0.6 is 0 Å². The number of aromatic hydroxyl groups is 1. The van der Waals surface area contributed by atoms with Gasteiger partial charge in [0.05, 0.1) is 36.7 Å². The Bertz CT molecular complexity index is 1690. The maximum Gasteiger partial charge on any atom is 0.347 e. The van der Waals surface area contributed by atoms with Gasteiger partial charge in [-0.05, 0) is 48.7 Å². The second-order valence-corrected chi connectivity index (χ2v) is 10.4. The van der Waals surface area contributed by atoms with Gasteiger partial charge in [0.25, 0.3) is 0 Å². The molecule has 0 radical (unpaired) electrons. The van der Waals surface area contributed by atoms with E-state index in [0.29, 0.717) is 11.4 Å². The second-order valence-electron chi connectivity index (χ2n) is 10.4. The molecule has 2 fully saturated rings. The van der Waals surface area contributed by atoms with E-state index in [1.54, 1.807) is 36.4 Å². The van der Waals surface area contributed by atoms with Crippen LogP contribution in [0, 0.1) is 17.3 Å². The Balaban J connectivity index is 1.51. The van der Waals surface area contributed by atoms with E-state index in [2.05, 4.69) is 0 Å². The van der Waals surface area contributed by atoms with Crippen molar-refractivity contribution in [3.05, 3.63) is 92.8 Å². The predicted molar refractivity (Wildman–Crippen MR) is 143 cm³/mol. The lowest BCUT2D eigenvalue weighted by Gasteiger charge is -2.45. The van der Waals surface area contributed by atoms with Crippen LogP contribution in [-0.4, -0.2) is 38.0 Å². The van der Waals surface area contributed by atoms with Gasteiger partial charge in [-0.25, -0.2) is 28.4 Å². The summed E-state index contributed by atoms with van der Waals surface area (Å²) in [5.74, 6) is -1.56. The highest BCUT2D eigenvalue weighted by Gasteiger charge is 2.64. The number of aromatic nitrogens is 3. The van der Waals surface area contributed by atoms with Gasteiger partial charge in [-0.1, -0.05) is 42.5 Å². The van der Waals surface area contributed by atoms with E-state index < -0.39 is 34.7 Å². The third kappa shape index (κ3) is 3.40. The summed E-state index contributed by atoms with van der Waals surface area (Å²) in [6.45, 7) is 2.00. The zero-order valence-electron chi connectivity index (χ0n) is 21.8. The molecule has 1 aliphatic carbocycles. The first-order valence-electron chi connectivity index (χ1n) is 12.8. The number of para-hydroxylation sites is 1. The molecule has 1 saturated heterocycles. The number of rotatable bonds is 4. The molecule has 1 aromatic heterocycles. The number of carbonyl (C=O) groups excluding carboxylic acids is 2. The number of nitrogens with zero attached hydrogens (tertiary/aromatic N) is 4. The molecule has 0 spiro atoms. The fourth-order valence-corrected chi connectivity index (χ4v) is 6.42. The summed E-state index contributed by atoms with van der Waals surface area (Å²) in [6.07, 6.45) is 5.84. The first-order valence-corrected chi connectivity index (χ1v) is 12.8. The van der Waals surface area contributed by atoms with E-state index in [9.17, 15) is 24.3 Å². The second kappa shape index (κ2) is 8.72. The number of ether oxygens (including phenoxy) is 1. The number of anilines is 1. The monoisotopic (exact) mass is 528 g/mol. The largest absolute Gasteiger partial charge is 0.504 e. The van der Waals surface area contributed by atoms with E-state index >= 15 is 0 Å². The molecule has 10 nitrogen and oxygen atoms in total. The van der Waals surface area contributed by atoms with Gasteiger partial charge in [0.1, 0.15) is 0 Å². The molecular weight excluding hydrogens is 500 g/mol. The Kier molecular flexibility index (Phi) is 5.53. The maximum atomic E-state index is 14.1. The minimum atomic E-state index is -1.12. The molecule has 3 heterocycles. The van der Waals surface area contributed by atoms with Crippen molar-refractivity contribution in [3.63, 3.8) is 0 Å². The van der Waals surface area contributed by atoms with Crippen molar-refractivity contribution in [2.24, 2.45) is 24.3 Å². The summed E-state index contributed by atoms with van der Waals surface area (Å²) in [7, 11) is 2.90. The Morgan fingerprint density at radius 2 is 1.79 bits per heavy atom. The van der Waals surface area contributed by atoms with Crippen LogP contribution < -0.4 is 21.0 Å². The van der Waals surface area contributed by atoms with Crippen LogP contribution in [0.15, 0.2) is 75.8 Å². The molecule has 3 aromatic rings. The number of methoxy groups -OCH3 is 1. The molecule has 0 bridgehead atoms. The van der Waals surface area contributed by atoms with Gasteiger partial charge in [-0.2, -0.15) is 0 Å². The lowest BCUT2D eigenvalue weighted by Crippen LogP contribution is -2.49. The predicted octanol–water partition coefficient (Wildman–Crippen LogP) is 2.47. The fraction of sp³-hybridized carbons (Fsp3) is 0.310. The van der Waals surface area contributed by atoms with Crippen molar-refractivity contribution in [1.29, 1.82) is 0 Å². The third-order valence-electron chi connectivity index (χ3n) is 8.50. The fourth-order valence-electron chi connectivity index (χ4n) is 6.42. The van der Waals surface area contributed by atoms with Crippen LogP contribution in [0.3, 0.4) is 0 Å². The van der Waals surface area contributed by atoms with Crippen molar-refractivity contribution in [1.82, 2.24) is 13.9 Å². The molecule has 2 aromatic carbocycles. The lowest BCUT2D eigenvalue weighted by atomic mass is 9.58. The number of phenolic OH excluding ortho intramolecular Hbond substituents is 1. The highest BCUT2D eigenvalue weighted by molar-refractivity contribution is 6.24. The normalized spacial score (nSPS) is 25.9. The third-order valence-corrected chi connectivity index (χ3v) is 8.50. The summed E-state index contributed by atoms with van der Waals surface area (Å²) < 4.78 is 9.13. The lowest BCUT2D eigenvalue weighted by molar-refractivity contribution is -0.129. The van der Waals surface area contributed by atoms with E-state index in [0.717, 1.165) is 15.7 Å². The van der Waals surface area contributed by atoms with E-state index in [-0.39, 0.29) is 30.5 Å². The minimum Gasteiger partial charge on any atom is -0.504 e. The van der Waals surface area contributed by atoms with Crippen LogP contribution in [0.4, 0.5) is 5.69 Å². The van der Waals surface area contributed by atoms with Crippen LogP contribution in [-0.2, 0) is 23.2 Å². The molecule has 2 amide bonds. The standard InChI is InChI=1S/C29H28N4O6/c1-29-20(11-9-17-10-12-23(34)24(15-17)39-3)19-13-14-31-27(37)30(2)28(38)33(31)22(19)16-21(29)25(35)32(26(29)36)18-7-5-4-6-8-18/h4-13,15,20-22,34H,14,16H2,1-3H3/t20-,21-,22+,29-/m0/s1. The van der Waals surface area contributed by atoms with Crippen molar-refractivity contribution in [3.8, 4) is 11.5 Å². The van der Waals surface area contributed by atoms with Gasteiger partial charge >= 0.3 is 11.4 Å². The summed E-state index contributed by atoms with van der Waals surface area (Å²) >= 11 is 0. The van der Waals surface area contributed by atoms with Crippen LogP contribution in [0.1, 0.15) is 24.9 Å². The first kappa shape index (κ1) is 24.7. The zero-order chi connectivity index (χ0) is 27.6. The van der Waals surface area contributed by atoms with Crippen LogP contribution in [0.2, 0.25) is 0 Å². The smallest absolute Gasteiger partial charge is 0.347 e. The quantitative estimate of drug-likeness (QED) is 0.411. The summed E-state index contributed by atoms with van der Waals surface area (Å²) in [5, 5.41) is 10.0. The van der Waals surface area contributed by atoms with Gasteiger partial charge in [0.15, 0.2) is 11.5 Å². The van der Waals surface area contributed by atoms with Crippen LogP contribution in [0.25, 0.3) is 6.08 Å². The first-order chi connectivity index (χ1) is 18.7. The Morgan fingerprint density at radius 3 is 2.51 bits per heavy atom. The Labute approximate surface area is 223 Å². The van der Waals surface area contributed by atoms with Crippen molar-refractivity contribution < 1.29 is 19.4 Å². The number of phenols is 1. The molecule has 4 atom stereocenters. The molecule has 1 N–H and O–H groups in total. The Morgan fingerprint density at radius 1 is 1.05 bits per heavy atom. The molecule has 10 heteroatoms. The number of amides is 2. The molecule has 0 unspecified atom stereocenters. The van der Waals surface area contributed by atoms with Crippen molar-refractivity contribution in [2.75, 3.05) is 12.0 Å². The SMILES string of the molecule is COc1cc(C=C[C@H]2C3=CCn4c(=O)n(C)c(=O)n4[C@@H]3C[C@H]3C(=O)N(c4ccccc4)C(=O)[C@@]23C)ccc1O. The van der Waals surface area contributed by atoms with Gasteiger partial charge in [0.2, 0.25) is 11.8 Å². The van der Waals surface area contributed by atoms with Crippen LogP contribution in [0.5, 0.6) is 11.5 Å². The summed E-state index contributed by atoms with van der Waals surface area (Å²) in [5.41, 5.74) is 0.0508. The molecule has 6 rings (SSSR count). The average molecular weight is 529 g/mol. The van der Waals surface area contributed by atoms with Crippen molar-refractivity contribution in [2.45, 2.75) is 25.9 Å². The van der Waals surface area contributed by atoms with Gasteiger partial charge in [-0.3, -0.25) is 9.59 Å². The number of carbonyl (C=O) groups is 2. The molecule has 1 saturated carbocycles. The summed E-state index contributed by atoms with van der Waals surface area (Å²) in [4.78, 5) is 55.2. The topological polar surface area (TPSA) is 116 Å². The van der Waals surface area contributed by atoms with Crippen molar-refractivity contribution >= 4 is 23.6 Å². The zero-order valence-corrected chi connectivity index (χ0v) is 21.8.